The standard InChI is InChI=1S/C22H21F5O3/c23-18-8-6-16(10-20(18)25)30-22(26,27)17-7-5-14(9-19(17)24)21-28-11-15(12-29-21)13-3-1-2-4-13/h5-10,13,15,21H,1-4,11-12H2. The summed E-state index contributed by atoms with van der Waals surface area (Å²) in [6, 6.07) is 5.03. The summed E-state index contributed by atoms with van der Waals surface area (Å²) in [4.78, 5) is 0. The summed E-state index contributed by atoms with van der Waals surface area (Å²) in [5.41, 5.74) is -0.750. The lowest BCUT2D eigenvalue weighted by molar-refractivity contribution is -0.213. The van der Waals surface area contributed by atoms with Gasteiger partial charge in [-0.05, 0) is 30.2 Å². The third-order valence-corrected chi connectivity index (χ3v) is 5.71. The molecule has 162 valence electrons. The molecule has 2 fully saturated rings. The van der Waals surface area contributed by atoms with Gasteiger partial charge in [0.2, 0.25) is 0 Å². The topological polar surface area (TPSA) is 27.7 Å². The van der Waals surface area contributed by atoms with Crippen molar-refractivity contribution in [2.45, 2.75) is 38.1 Å². The second-order valence-electron chi connectivity index (χ2n) is 7.74. The molecule has 0 bridgehead atoms. The Morgan fingerprint density at radius 2 is 1.50 bits per heavy atom. The van der Waals surface area contributed by atoms with E-state index in [2.05, 4.69) is 4.74 Å². The number of alkyl halides is 2. The van der Waals surface area contributed by atoms with Crippen molar-refractivity contribution in [2.75, 3.05) is 13.2 Å². The van der Waals surface area contributed by atoms with E-state index in [1.807, 2.05) is 0 Å². The van der Waals surface area contributed by atoms with Crippen LogP contribution in [0.25, 0.3) is 0 Å². The molecular weight excluding hydrogens is 407 g/mol. The fourth-order valence-electron chi connectivity index (χ4n) is 4.07. The molecule has 2 aromatic rings. The van der Waals surface area contributed by atoms with Gasteiger partial charge in [0.1, 0.15) is 11.6 Å². The first kappa shape index (κ1) is 21.1. The van der Waals surface area contributed by atoms with E-state index >= 15 is 0 Å². The maximum Gasteiger partial charge on any atom is 0.429 e. The number of hydrogen-bond donors (Lipinski definition) is 0. The van der Waals surface area contributed by atoms with Gasteiger partial charge in [0.15, 0.2) is 17.9 Å². The molecule has 1 aliphatic heterocycles. The van der Waals surface area contributed by atoms with E-state index in [4.69, 9.17) is 9.47 Å². The molecule has 1 aliphatic carbocycles. The second-order valence-corrected chi connectivity index (χ2v) is 7.74. The molecule has 2 aliphatic rings. The minimum Gasteiger partial charge on any atom is -0.429 e. The van der Waals surface area contributed by atoms with E-state index in [0.29, 0.717) is 37.2 Å². The molecule has 0 spiro atoms. The van der Waals surface area contributed by atoms with Crippen LogP contribution in [0.1, 0.15) is 43.1 Å². The van der Waals surface area contributed by atoms with Crippen molar-refractivity contribution in [3.8, 4) is 5.75 Å². The van der Waals surface area contributed by atoms with Gasteiger partial charge in [0.25, 0.3) is 0 Å². The lowest BCUT2D eigenvalue weighted by atomic mass is 9.91. The molecule has 0 N–H and O–H groups in total. The molecule has 0 aromatic heterocycles. The SMILES string of the molecule is Fc1ccc(OC(F)(F)c2ccc(C3OCC(C4CCCC4)CO3)cc2F)cc1F. The van der Waals surface area contributed by atoms with Crippen LogP contribution >= 0.6 is 0 Å². The Morgan fingerprint density at radius 3 is 2.13 bits per heavy atom. The fraction of sp³-hybridized carbons (Fsp3) is 0.455. The lowest BCUT2D eigenvalue weighted by Gasteiger charge is -2.33. The summed E-state index contributed by atoms with van der Waals surface area (Å²) in [6.45, 7) is 0.961. The van der Waals surface area contributed by atoms with Gasteiger partial charge in [-0.2, -0.15) is 8.78 Å². The van der Waals surface area contributed by atoms with E-state index in [1.165, 1.54) is 18.9 Å². The molecule has 0 amide bonds. The van der Waals surface area contributed by atoms with Crippen LogP contribution in [0.4, 0.5) is 22.0 Å². The van der Waals surface area contributed by atoms with Crippen molar-refractivity contribution in [2.24, 2.45) is 11.8 Å². The average Bonchev–Trinajstić information content (AvgIpc) is 3.25. The van der Waals surface area contributed by atoms with Crippen molar-refractivity contribution in [3.63, 3.8) is 0 Å². The molecule has 1 saturated heterocycles. The molecule has 1 saturated carbocycles. The summed E-state index contributed by atoms with van der Waals surface area (Å²) in [5, 5.41) is 0. The van der Waals surface area contributed by atoms with Crippen LogP contribution in [0, 0.1) is 29.3 Å². The van der Waals surface area contributed by atoms with Gasteiger partial charge >= 0.3 is 6.11 Å². The lowest BCUT2D eigenvalue weighted by Crippen LogP contribution is -2.31. The quantitative estimate of drug-likeness (QED) is 0.540. The zero-order valence-corrected chi connectivity index (χ0v) is 16.1. The Morgan fingerprint density at radius 1 is 0.800 bits per heavy atom. The fourth-order valence-corrected chi connectivity index (χ4v) is 4.07. The number of halogens is 5. The Hall–Kier alpha value is -2.19. The Bertz CT molecular complexity index is 890. The van der Waals surface area contributed by atoms with Crippen LogP contribution in [-0.4, -0.2) is 13.2 Å². The molecule has 2 aromatic carbocycles. The number of rotatable bonds is 5. The van der Waals surface area contributed by atoms with Crippen LogP contribution < -0.4 is 4.74 Å². The molecule has 30 heavy (non-hydrogen) atoms. The molecular formula is C22H21F5O3. The van der Waals surface area contributed by atoms with Crippen molar-refractivity contribution >= 4 is 0 Å². The average molecular weight is 428 g/mol. The summed E-state index contributed by atoms with van der Waals surface area (Å²) in [7, 11) is 0. The molecule has 0 radical (unpaired) electrons. The first-order chi connectivity index (χ1) is 14.3. The van der Waals surface area contributed by atoms with Crippen LogP contribution in [0.3, 0.4) is 0 Å². The van der Waals surface area contributed by atoms with Gasteiger partial charge < -0.3 is 14.2 Å². The summed E-state index contributed by atoms with van der Waals surface area (Å²) in [5.74, 6) is -3.53. The van der Waals surface area contributed by atoms with Gasteiger partial charge in [-0.1, -0.05) is 31.7 Å². The zero-order valence-electron chi connectivity index (χ0n) is 16.1. The monoisotopic (exact) mass is 428 g/mol. The molecule has 1 heterocycles. The van der Waals surface area contributed by atoms with E-state index in [-0.39, 0.29) is 5.56 Å². The Balaban J connectivity index is 1.44. The van der Waals surface area contributed by atoms with E-state index < -0.39 is 41.2 Å². The van der Waals surface area contributed by atoms with Crippen molar-refractivity contribution in [1.29, 1.82) is 0 Å². The van der Waals surface area contributed by atoms with Crippen LogP contribution in [0.2, 0.25) is 0 Å². The van der Waals surface area contributed by atoms with Gasteiger partial charge in [0.05, 0.1) is 18.8 Å². The molecule has 3 nitrogen and oxygen atoms in total. The summed E-state index contributed by atoms with van der Waals surface area (Å²) in [6.07, 6.45) is -0.200. The first-order valence-corrected chi connectivity index (χ1v) is 9.88. The Kier molecular flexibility index (Phi) is 5.97. The molecule has 0 unspecified atom stereocenters. The molecule has 4 rings (SSSR count). The minimum atomic E-state index is -4.09. The number of ether oxygens (including phenoxy) is 3. The smallest absolute Gasteiger partial charge is 0.429 e. The van der Waals surface area contributed by atoms with Gasteiger partial charge in [-0.25, -0.2) is 13.2 Å². The third-order valence-electron chi connectivity index (χ3n) is 5.71. The van der Waals surface area contributed by atoms with Crippen LogP contribution in [0.5, 0.6) is 5.75 Å². The highest BCUT2D eigenvalue weighted by Gasteiger charge is 2.39. The summed E-state index contributed by atoms with van der Waals surface area (Å²) < 4.78 is 85.2. The van der Waals surface area contributed by atoms with E-state index in [0.717, 1.165) is 31.0 Å². The molecule has 8 heteroatoms. The van der Waals surface area contributed by atoms with Gasteiger partial charge in [0, 0.05) is 17.5 Å². The zero-order chi connectivity index (χ0) is 21.3. The largest absolute Gasteiger partial charge is 0.429 e. The predicted molar refractivity (Wildman–Crippen MR) is 97.4 cm³/mol. The van der Waals surface area contributed by atoms with Crippen molar-refractivity contribution < 1.29 is 36.2 Å². The maximum atomic E-state index is 14.5. The van der Waals surface area contributed by atoms with E-state index in [1.54, 1.807) is 0 Å². The minimum absolute atomic E-state index is 0.282. The van der Waals surface area contributed by atoms with Crippen LogP contribution in [-0.2, 0) is 15.6 Å². The highest BCUT2D eigenvalue weighted by molar-refractivity contribution is 5.30. The van der Waals surface area contributed by atoms with Crippen molar-refractivity contribution in [3.05, 3.63) is 65.0 Å². The first-order valence-electron chi connectivity index (χ1n) is 9.88. The normalized spacial score (nSPS) is 23.0. The highest BCUT2D eigenvalue weighted by Crippen LogP contribution is 2.38. The van der Waals surface area contributed by atoms with Crippen LogP contribution in [0.15, 0.2) is 36.4 Å². The Labute approximate surface area is 170 Å². The van der Waals surface area contributed by atoms with Gasteiger partial charge in [-0.3, -0.25) is 0 Å². The summed E-state index contributed by atoms with van der Waals surface area (Å²) >= 11 is 0. The number of benzene rings is 2. The van der Waals surface area contributed by atoms with Crippen molar-refractivity contribution in [1.82, 2.24) is 0 Å². The predicted octanol–water partition coefficient (Wildman–Crippen LogP) is 6.08. The van der Waals surface area contributed by atoms with Gasteiger partial charge in [-0.15, -0.1) is 0 Å². The van der Waals surface area contributed by atoms with E-state index in [9.17, 15) is 22.0 Å². The molecule has 0 atom stereocenters. The maximum absolute atomic E-state index is 14.5. The highest BCUT2D eigenvalue weighted by atomic mass is 19.3. The second kappa shape index (κ2) is 8.51. The third kappa shape index (κ3) is 4.44. The number of hydrogen-bond acceptors (Lipinski definition) is 3.